The smallest absolute Gasteiger partial charge is 0.322 e. The Labute approximate surface area is 185 Å². The summed E-state index contributed by atoms with van der Waals surface area (Å²) >= 11 is 0. The molecule has 0 fully saturated rings. The second kappa shape index (κ2) is 10.3. The Morgan fingerprint density at radius 3 is 2.32 bits per heavy atom. The van der Waals surface area contributed by atoms with Crippen LogP contribution in [0, 0.1) is 5.92 Å². The molecule has 0 atom stereocenters. The number of benzene rings is 1. The van der Waals surface area contributed by atoms with Gasteiger partial charge in [0.1, 0.15) is 18.1 Å². The van der Waals surface area contributed by atoms with Gasteiger partial charge in [-0.3, -0.25) is 9.48 Å². The number of urea groups is 1. The van der Waals surface area contributed by atoms with Gasteiger partial charge < -0.3 is 20.3 Å². The van der Waals surface area contributed by atoms with E-state index in [1.165, 1.54) is 4.90 Å². The van der Waals surface area contributed by atoms with Crippen molar-refractivity contribution in [3.05, 3.63) is 36.0 Å². The molecule has 0 saturated carbocycles. The molecule has 0 radical (unpaired) electrons. The van der Waals surface area contributed by atoms with Gasteiger partial charge in [-0.2, -0.15) is 5.10 Å². The normalized spacial score (nSPS) is 11.4. The quantitative estimate of drug-likeness (QED) is 0.657. The Morgan fingerprint density at radius 1 is 1.16 bits per heavy atom. The minimum absolute atomic E-state index is 0.0585. The van der Waals surface area contributed by atoms with Crippen molar-refractivity contribution in [2.75, 3.05) is 30.3 Å². The topological polar surface area (TPSA) is 88.5 Å². The molecule has 31 heavy (non-hydrogen) atoms. The average Bonchev–Trinajstić information content (AvgIpc) is 3.03. The molecule has 2 rings (SSSR count). The maximum absolute atomic E-state index is 12.8. The molecule has 8 nitrogen and oxygen atoms in total. The molecule has 2 aromatic rings. The Hall–Kier alpha value is -3.03. The Morgan fingerprint density at radius 2 is 1.81 bits per heavy atom. The van der Waals surface area contributed by atoms with E-state index in [0.29, 0.717) is 24.7 Å². The predicted octanol–water partition coefficient (Wildman–Crippen LogP) is 4.24. The third kappa shape index (κ3) is 7.31. The third-order valence-corrected chi connectivity index (χ3v) is 4.54. The lowest BCUT2D eigenvalue weighted by Crippen LogP contribution is -2.42. The van der Waals surface area contributed by atoms with Crippen molar-refractivity contribution in [3.63, 3.8) is 0 Å². The number of amides is 3. The molecule has 0 spiro atoms. The molecule has 0 aliphatic heterocycles. The van der Waals surface area contributed by atoms with Crippen LogP contribution in [-0.2, 0) is 17.3 Å². The Kier molecular flexibility index (Phi) is 8.08. The van der Waals surface area contributed by atoms with Crippen molar-refractivity contribution in [3.8, 4) is 5.75 Å². The van der Waals surface area contributed by atoms with Crippen LogP contribution in [0.1, 0.15) is 47.2 Å². The zero-order chi connectivity index (χ0) is 23.2. The fraction of sp³-hybridized carbons (Fsp3) is 0.522. The van der Waals surface area contributed by atoms with Crippen LogP contribution in [-0.4, -0.2) is 46.3 Å². The molecule has 170 valence electrons. The number of aryl methyl sites for hydroxylation is 1. The summed E-state index contributed by atoms with van der Waals surface area (Å²) in [7, 11) is 1.79. The first-order chi connectivity index (χ1) is 14.5. The van der Waals surface area contributed by atoms with Crippen LogP contribution >= 0.6 is 0 Å². The van der Waals surface area contributed by atoms with Gasteiger partial charge in [-0.25, -0.2) is 4.79 Å². The molecule has 0 aliphatic carbocycles. The first-order valence-corrected chi connectivity index (χ1v) is 10.6. The Bertz CT molecular complexity index is 882. The molecule has 1 heterocycles. The summed E-state index contributed by atoms with van der Waals surface area (Å²) in [6.45, 7) is 13.1. The zero-order valence-electron chi connectivity index (χ0n) is 19.7. The number of rotatable bonds is 8. The summed E-state index contributed by atoms with van der Waals surface area (Å²) in [5, 5.41) is 10.2. The number of nitrogens with zero attached hydrogens (tertiary/aromatic N) is 3. The first kappa shape index (κ1) is 24.2. The van der Waals surface area contributed by atoms with Crippen molar-refractivity contribution in [1.82, 2.24) is 14.7 Å². The zero-order valence-corrected chi connectivity index (χ0v) is 19.7. The fourth-order valence-corrected chi connectivity index (χ4v) is 2.97. The van der Waals surface area contributed by atoms with E-state index in [9.17, 15) is 9.59 Å². The fourth-order valence-electron chi connectivity index (χ4n) is 2.97. The maximum atomic E-state index is 12.8. The summed E-state index contributed by atoms with van der Waals surface area (Å²) in [5.41, 5.74) is 1.41. The van der Waals surface area contributed by atoms with Crippen molar-refractivity contribution < 1.29 is 14.3 Å². The van der Waals surface area contributed by atoms with Gasteiger partial charge in [0.05, 0.1) is 12.3 Å². The van der Waals surface area contributed by atoms with Crippen LogP contribution in [0.5, 0.6) is 5.75 Å². The van der Waals surface area contributed by atoms with Gasteiger partial charge in [0.2, 0.25) is 5.91 Å². The van der Waals surface area contributed by atoms with Crippen LogP contribution < -0.4 is 15.4 Å². The number of anilines is 2. The van der Waals surface area contributed by atoms with Gasteiger partial charge in [0.15, 0.2) is 0 Å². The molecular formula is C23H35N5O3. The van der Waals surface area contributed by atoms with E-state index in [1.54, 1.807) is 36.0 Å². The summed E-state index contributed by atoms with van der Waals surface area (Å²) in [5.74, 6) is 1.28. The van der Waals surface area contributed by atoms with Gasteiger partial charge in [-0.1, -0.05) is 34.6 Å². The second-order valence-electron chi connectivity index (χ2n) is 9.00. The van der Waals surface area contributed by atoms with Gasteiger partial charge in [-0.15, -0.1) is 0 Å². The standard InChI is InChI=1S/C23H35N5O3/c1-8-31-18-11-9-17(10-12-18)24-22(30)28(14-16(2)3)15-21(29)25-20-13-19(23(4,5)6)26-27(20)7/h9-13,16H,8,14-15H2,1-7H3,(H,24,30)(H,25,29). The lowest BCUT2D eigenvalue weighted by atomic mass is 9.92. The van der Waals surface area contributed by atoms with Crippen molar-refractivity contribution in [1.29, 1.82) is 0 Å². The van der Waals surface area contributed by atoms with E-state index in [0.717, 1.165) is 11.4 Å². The minimum Gasteiger partial charge on any atom is -0.494 e. The largest absolute Gasteiger partial charge is 0.494 e. The van der Waals surface area contributed by atoms with E-state index >= 15 is 0 Å². The summed E-state index contributed by atoms with van der Waals surface area (Å²) < 4.78 is 7.07. The summed E-state index contributed by atoms with van der Waals surface area (Å²) in [6.07, 6.45) is 0. The molecule has 0 aliphatic rings. The first-order valence-electron chi connectivity index (χ1n) is 10.6. The number of carbonyl (C=O) groups excluding carboxylic acids is 2. The molecule has 0 saturated heterocycles. The molecule has 0 bridgehead atoms. The number of nitrogens with one attached hydrogen (secondary N) is 2. The number of carbonyl (C=O) groups is 2. The number of hydrogen-bond acceptors (Lipinski definition) is 4. The average molecular weight is 430 g/mol. The van der Waals surface area contributed by atoms with Crippen molar-refractivity contribution in [2.24, 2.45) is 13.0 Å². The van der Waals surface area contributed by atoms with Gasteiger partial charge in [0.25, 0.3) is 0 Å². The molecule has 2 N–H and O–H groups in total. The van der Waals surface area contributed by atoms with E-state index in [1.807, 2.05) is 26.8 Å². The van der Waals surface area contributed by atoms with Crippen molar-refractivity contribution in [2.45, 2.75) is 47.0 Å². The molecule has 1 aromatic carbocycles. The number of aromatic nitrogens is 2. The monoisotopic (exact) mass is 429 g/mol. The van der Waals surface area contributed by atoms with Crippen molar-refractivity contribution >= 4 is 23.4 Å². The summed E-state index contributed by atoms with van der Waals surface area (Å²) in [6, 6.07) is 8.69. The van der Waals surface area contributed by atoms with Crippen LogP contribution in [0.2, 0.25) is 0 Å². The molecule has 1 aromatic heterocycles. The summed E-state index contributed by atoms with van der Waals surface area (Å²) in [4.78, 5) is 27.0. The van der Waals surface area contributed by atoms with E-state index in [2.05, 4.69) is 36.5 Å². The van der Waals surface area contributed by atoms with E-state index in [-0.39, 0.29) is 29.8 Å². The van der Waals surface area contributed by atoms with Crippen LogP contribution in [0.4, 0.5) is 16.3 Å². The highest BCUT2D eigenvalue weighted by Gasteiger charge is 2.22. The second-order valence-corrected chi connectivity index (χ2v) is 9.00. The Balaban J connectivity index is 2.05. The molecule has 0 unspecified atom stereocenters. The SMILES string of the molecule is CCOc1ccc(NC(=O)N(CC(=O)Nc2cc(C(C)(C)C)nn2C)CC(C)C)cc1. The molecule has 8 heteroatoms. The van der Waals surface area contributed by atoms with Gasteiger partial charge in [0, 0.05) is 30.8 Å². The maximum Gasteiger partial charge on any atom is 0.322 e. The number of hydrogen-bond donors (Lipinski definition) is 2. The predicted molar refractivity (Wildman–Crippen MR) is 124 cm³/mol. The highest BCUT2D eigenvalue weighted by molar-refractivity contribution is 5.96. The van der Waals surface area contributed by atoms with E-state index < -0.39 is 0 Å². The van der Waals surface area contributed by atoms with E-state index in [4.69, 9.17) is 4.74 Å². The van der Waals surface area contributed by atoms with Gasteiger partial charge >= 0.3 is 6.03 Å². The van der Waals surface area contributed by atoms with Gasteiger partial charge in [-0.05, 0) is 37.1 Å². The minimum atomic E-state index is -0.326. The molecule has 3 amide bonds. The lowest BCUT2D eigenvalue weighted by Gasteiger charge is -2.24. The van der Waals surface area contributed by atoms with Crippen LogP contribution in [0.3, 0.4) is 0 Å². The molecular weight excluding hydrogens is 394 g/mol. The highest BCUT2D eigenvalue weighted by Crippen LogP contribution is 2.23. The third-order valence-electron chi connectivity index (χ3n) is 4.54. The lowest BCUT2D eigenvalue weighted by molar-refractivity contribution is -0.116. The van der Waals surface area contributed by atoms with Crippen LogP contribution in [0.15, 0.2) is 30.3 Å². The number of ether oxygens (including phenoxy) is 1. The highest BCUT2D eigenvalue weighted by atomic mass is 16.5. The van der Waals surface area contributed by atoms with Crippen LogP contribution in [0.25, 0.3) is 0 Å².